The van der Waals surface area contributed by atoms with Crippen molar-refractivity contribution < 1.29 is 38.1 Å². The Balaban J connectivity index is 1.73. The molecule has 3 rings (SSSR count). The fourth-order valence-corrected chi connectivity index (χ4v) is 5.84. The molecule has 1 aliphatic carbocycles. The molecule has 0 radical (unpaired) electrons. The summed E-state index contributed by atoms with van der Waals surface area (Å²) in [5, 5.41) is 5.86. The number of methoxy groups -OCH3 is 2. The highest BCUT2D eigenvalue weighted by molar-refractivity contribution is 7.17. The number of hydrogen-bond donors (Lipinski definition) is 2. The second-order valence-electron chi connectivity index (χ2n) is 10.1. The molecule has 1 heterocycles. The summed E-state index contributed by atoms with van der Waals surface area (Å²) in [4.78, 5) is 53.0. The standard InChI is InChI=1S/C29H38N2O8S/c1-8-38-28(34)23-21-10-9-16(4)11-22(21)40-27(23)31-25(32)17(5)39-29(35)24(15(2)3)30-26(33)18-12-19(36-6)14-20(13-18)37-7/h12-17,24H,8-11H2,1-7H3,(H,30,33)(H,31,32)/t16-,17-,24-/m0/s1. The number of esters is 2. The molecule has 0 fully saturated rings. The number of nitrogens with one attached hydrogen (secondary N) is 2. The van der Waals surface area contributed by atoms with Gasteiger partial charge in [-0.2, -0.15) is 0 Å². The Hall–Kier alpha value is -3.60. The monoisotopic (exact) mass is 574 g/mol. The maximum Gasteiger partial charge on any atom is 0.341 e. The summed E-state index contributed by atoms with van der Waals surface area (Å²) in [6, 6.07) is 3.66. The van der Waals surface area contributed by atoms with Crippen molar-refractivity contribution in [1.29, 1.82) is 0 Å². The number of fused-ring (bicyclic) bond motifs is 1. The van der Waals surface area contributed by atoms with Crippen molar-refractivity contribution in [3.05, 3.63) is 39.8 Å². The first-order valence-corrected chi connectivity index (χ1v) is 14.2. The molecular weight excluding hydrogens is 536 g/mol. The van der Waals surface area contributed by atoms with Crippen LogP contribution in [0.2, 0.25) is 0 Å². The number of ether oxygens (including phenoxy) is 4. The van der Waals surface area contributed by atoms with Gasteiger partial charge in [-0.25, -0.2) is 9.59 Å². The molecule has 1 aromatic carbocycles. The first-order valence-electron chi connectivity index (χ1n) is 13.4. The van der Waals surface area contributed by atoms with Crippen LogP contribution in [0, 0.1) is 11.8 Å². The van der Waals surface area contributed by atoms with Crippen LogP contribution >= 0.6 is 11.3 Å². The lowest BCUT2D eigenvalue weighted by Crippen LogP contribution is -2.47. The Labute approximate surface area is 238 Å². The van der Waals surface area contributed by atoms with Crippen LogP contribution in [0.3, 0.4) is 0 Å². The average Bonchev–Trinajstić information content (AvgIpc) is 3.27. The molecule has 0 unspecified atom stereocenters. The lowest BCUT2D eigenvalue weighted by atomic mass is 9.88. The molecule has 2 amide bonds. The Morgan fingerprint density at radius 1 is 1.05 bits per heavy atom. The molecule has 0 saturated heterocycles. The van der Waals surface area contributed by atoms with Crippen molar-refractivity contribution in [2.45, 2.75) is 66.0 Å². The maximum atomic E-state index is 13.1. The Bertz CT molecular complexity index is 1230. The summed E-state index contributed by atoms with van der Waals surface area (Å²) in [5.74, 6) is -1.36. The molecule has 2 N–H and O–H groups in total. The van der Waals surface area contributed by atoms with Gasteiger partial charge < -0.3 is 29.6 Å². The van der Waals surface area contributed by atoms with Crippen molar-refractivity contribution in [3.63, 3.8) is 0 Å². The summed E-state index contributed by atoms with van der Waals surface area (Å²) in [6.45, 7) is 9.05. The van der Waals surface area contributed by atoms with E-state index in [1.807, 2.05) is 0 Å². The Morgan fingerprint density at radius 2 is 1.70 bits per heavy atom. The number of hydrogen-bond acceptors (Lipinski definition) is 9. The molecule has 3 atom stereocenters. The van der Waals surface area contributed by atoms with Crippen molar-refractivity contribution >= 4 is 40.1 Å². The fraction of sp³-hybridized carbons (Fsp3) is 0.517. The van der Waals surface area contributed by atoms with Gasteiger partial charge in [0.05, 0.1) is 26.4 Å². The first kappa shape index (κ1) is 30.9. The number of carbonyl (C=O) groups is 4. The van der Waals surface area contributed by atoms with Gasteiger partial charge in [-0.3, -0.25) is 9.59 Å². The van der Waals surface area contributed by atoms with E-state index in [-0.39, 0.29) is 18.1 Å². The minimum atomic E-state index is -1.18. The van der Waals surface area contributed by atoms with E-state index in [1.165, 1.54) is 44.6 Å². The highest BCUT2D eigenvalue weighted by atomic mass is 32.1. The number of benzene rings is 1. The van der Waals surface area contributed by atoms with Gasteiger partial charge in [0.1, 0.15) is 22.5 Å². The number of amides is 2. The van der Waals surface area contributed by atoms with Crippen LogP contribution in [0.15, 0.2) is 18.2 Å². The number of anilines is 1. The molecule has 0 bridgehead atoms. The van der Waals surface area contributed by atoms with E-state index in [4.69, 9.17) is 18.9 Å². The first-order chi connectivity index (χ1) is 19.0. The van der Waals surface area contributed by atoms with Gasteiger partial charge >= 0.3 is 11.9 Å². The minimum absolute atomic E-state index is 0.214. The summed E-state index contributed by atoms with van der Waals surface area (Å²) < 4.78 is 21.2. The van der Waals surface area contributed by atoms with E-state index in [9.17, 15) is 19.2 Å². The van der Waals surface area contributed by atoms with Crippen LogP contribution < -0.4 is 20.1 Å². The predicted octanol–water partition coefficient (Wildman–Crippen LogP) is 4.39. The SMILES string of the molecule is CCOC(=O)c1c(NC(=O)[C@H](C)OC(=O)[C@@H](NC(=O)c2cc(OC)cc(OC)c2)C(C)C)sc2c1CC[C@H](C)C2. The maximum absolute atomic E-state index is 13.1. The second-order valence-corrected chi connectivity index (χ2v) is 11.2. The third kappa shape index (κ3) is 7.32. The lowest BCUT2D eigenvalue weighted by molar-refractivity contribution is -0.156. The van der Waals surface area contributed by atoms with Crippen molar-refractivity contribution in [2.75, 3.05) is 26.1 Å². The zero-order chi connectivity index (χ0) is 29.6. The molecule has 0 aliphatic heterocycles. The smallest absolute Gasteiger partial charge is 0.341 e. The van der Waals surface area contributed by atoms with E-state index in [0.717, 1.165) is 29.7 Å². The predicted molar refractivity (Wildman–Crippen MR) is 151 cm³/mol. The Kier molecular flexibility index (Phi) is 10.6. The summed E-state index contributed by atoms with van der Waals surface area (Å²) in [5.41, 5.74) is 1.53. The fourth-order valence-electron chi connectivity index (χ4n) is 4.43. The highest BCUT2D eigenvalue weighted by Gasteiger charge is 2.32. The average molecular weight is 575 g/mol. The highest BCUT2D eigenvalue weighted by Crippen LogP contribution is 2.40. The van der Waals surface area contributed by atoms with Gasteiger partial charge in [-0.15, -0.1) is 11.3 Å². The van der Waals surface area contributed by atoms with Gasteiger partial charge in [0.2, 0.25) is 0 Å². The minimum Gasteiger partial charge on any atom is -0.497 e. The zero-order valence-electron chi connectivity index (χ0n) is 24.0. The topological polar surface area (TPSA) is 129 Å². The molecular formula is C29H38N2O8S. The van der Waals surface area contributed by atoms with Crippen LogP contribution in [0.5, 0.6) is 11.5 Å². The number of rotatable bonds is 11. The van der Waals surface area contributed by atoms with E-state index in [1.54, 1.807) is 26.8 Å². The molecule has 40 heavy (non-hydrogen) atoms. The van der Waals surface area contributed by atoms with Crippen molar-refractivity contribution in [3.8, 4) is 11.5 Å². The van der Waals surface area contributed by atoms with Crippen LogP contribution in [-0.4, -0.2) is 56.7 Å². The van der Waals surface area contributed by atoms with E-state index < -0.39 is 35.9 Å². The van der Waals surface area contributed by atoms with E-state index in [2.05, 4.69) is 17.6 Å². The van der Waals surface area contributed by atoms with E-state index in [0.29, 0.717) is 28.0 Å². The molecule has 0 spiro atoms. The van der Waals surface area contributed by atoms with Gasteiger partial charge in [0.15, 0.2) is 6.10 Å². The van der Waals surface area contributed by atoms with Gasteiger partial charge in [-0.1, -0.05) is 20.8 Å². The van der Waals surface area contributed by atoms with Crippen LogP contribution in [-0.2, 0) is 31.9 Å². The molecule has 11 heteroatoms. The normalized spacial score (nSPS) is 15.8. The third-order valence-corrected chi connectivity index (χ3v) is 7.88. The molecule has 1 aliphatic rings. The van der Waals surface area contributed by atoms with Crippen LogP contribution in [0.25, 0.3) is 0 Å². The molecule has 2 aromatic rings. The van der Waals surface area contributed by atoms with Gasteiger partial charge in [0.25, 0.3) is 11.8 Å². The summed E-state index contributed by atoms with van der Waals surface area (Å²) >= 11 is 1.36. The molecule has 1 aromatic heterocycles. The largest absolute Gasteiger partial charge is 0.497 e. The zero-order valence-corrected chi connectivity index (χ0v) is 24.9. The van der Waals surface area contributed by atoms with Gasteiger partial charge in [-0.05, 0) is 62.6 Å². The van der Waals surface area contributed by atoms with Crippen LogP contribution in [0.1, 0.15) is 72.2 Å². The third-order valence-electron chi connectivity index (χ3n) is 6.71. The number of carbonyl (C=O) groups excluding carboxylic acids is 4. The second kappa shape index (κ2) is 13.6. The van der Waals surface area contributed by atoms with Crippen molar-refractivity contribution in [1.82, 2.24) is 5.32 Å². The van der Waals surface area contributed by atoms with Crippen molar-refractivity contribution in [2.24, 2.45) is 11.8 Å². The number of thiophene rings is 1. The molecule has 0 saturated carbocycles. The summed E-state index contributed by atoms with van der Waals surface area (Å²) in [7, 11) is 2.94. The quantitative estimate of drug-likeness (QED) is 0.378. The molecule has 218 valence electrons. The van der Waals surface area contributed by atoms with Crippen LogP contribution in [0.4, 0.5) is 5.00 Å². The molecule has 10 nitrogen and oxygen atoms in total. The van der Waals surface area contributed by atoms with E-state index >= 15 is 0 Å². The van der Waals surface area contributed by atoms with Gasteiger partial charge in [0, 0.05) is 16.5 Å². The Morgan fingerprint density at radius 3 is 2.27 bits per heavy atom. The summed E-state index contributed by atoms with van der Waals surface area (Å²) in [6.07, 6.45) is 1.32. The lowest BCUT2D eigenvalue weighted by Gasteiger charge is -2.23.